The van der Waals surface area contributed by atoms with Crippen molar-refractivity contribution < 1.29 is 38.6 Å². The number of phenolic OH excluding ortho intramolecular Hbond substituents is 1. The normalized spacial score (nSPS) is 16.0. The van der Waals surface area contributed by atoms with Gasteiger partial charge in [-0.1, -0.05) is 0 Å². The molecule has 0 spiro atoms. The summed E-state index contributed by atoms with van der Waals surface area (Å²) >= 11 is 2.68. The number of amides is 4. The van der Waals surface area contributed by atoms with E-state index in [1.807, 2.05) is 43.3 Å². The quantitative estimate of drug-likeness (QED) is 0.0430. The van der Waals surface area contributed by atoms with Gasteiger partial charge in [-0.2, -0.15) is 10.2 Å². The fraction of sp³-hybridized carbons (Fsp3) is 0.171. The van der Waals surface area contributed by atoms with Crippen molar-refractivity contribution >= 4 is 86.8 Å². The van der Waals surface area contributed by atoms with E-state index in [2.05, 4.69) is 26.2 Å². The Morgan fingerprint density at radius 2 is 1.58 bits per heavy atom. The number of anilines is 2. The lowest BCUT2D eigenvalue weighted by Gasteiger charge is -2.49. The van der Waals surface area contributed by atoms with Gasteiger partial charge in [-0.3, -0.25) is 24.1 Å². The maximum absolute atomic E-state index is 13.2. The molecule has 2 atom stereocenters. The molecule has 59 heavy (non-hydrogen) atoms. The van der Waals surface area contributed by atoms with Gasteiger partial charge in [0, 0.05) is 58.9 Å². The first kappa shape index (κ1) is 40.3. The number of nitrogens with one attached hydrogen (secondary N) is 3. The summed E-state index contributed by atoms with van der Waals surface area (Å²) in [6.45, 7) is -0.562. The highest BCUT2D eigenvalue weighted by Gasteiger charge is 2.54. The van der Waals surface area contributed by atoms with Gasteiger partial charge in [0.15, 0.2) is 0 Å². The molecule has 5 aromatic rings. The molecule has 4 aromatic carbocycles. The third-order valence-electron chi connectivity index (χ3n) is 9.24. The summed E-state index contributed by atoms with van der Waals surface area (Å²) in [4.78, 5) is 80.2. The first-order valence-corrected chi connectivity index (χ1v) is 20.0. The molecule has 18 heteroatoms. The van der Waals surface area contributed by atoms with E-state index in [4.69, 9.17) is 4.42 Å². The van der Waals surface area contributed by atoms with Crippen molar-refractivity contribution in [1.82, 2.24) is 15.5 Å². The van der Waals surface area contributed by atoms with Gasteiger partial charge in [0.05, 0.1) is 17.9 Å². The van der Waals surface area contributed by atoms with E-state index in [-0.39, 0.29) is 34.3 Å². The number of carboxylic acid groups (broad SMARTS) is 1. The molecule has 4 amide bonds. The van der Waals surface area contributed by atoms with Crippen LogP contribution in [0, 0.1) is 0 Å². The van der Waals surface area contributed by atoms with Crippen molar-refractivity contribution in [3.63, 3.8) is 0 Å². The Morgan fingerprint density at radius 3 is 2.24 bits per heavy atom. The minimum absolute atomic E-state index is 0.0816. The van der Waals surface area contributed by atoms with Crippen molar-refractivity contribution in [3.05, 3.63) is 130 Å². The molecule has 7 rings (SSSR count). The number of thioether (sulfide) groups is 2. The lowest BCUT2D eigenvalue weighted by molar-refractivity contribution is -0.150. The Bertz CT molecular complexity index is 2590. The molecule has 0 unspecified atom stereocenters. The highest BCUT2D eigenvalue weighted by molar-refractivity contribution is 8.01. The number of hydrogen-bond acceptors (Lipinski definition) is 13. The standard InChI is InChI=1S/C41H35N7O9S2/c1-47(2)28-12-8-27(9-13-28)46-45-26-6-3-22(4-7-26)36(51)43-25-10-15-30(16-11-25)58-20-24-21-59-39-34(38(53)48(39)35(24)40(54)55)44-33(50)19-42-37(52)31-17-23-5-14-29(49)18-32(23)57-41(31)56/h3-18,34,39,49H,19-21H2,1-2H3,(H,42,52)(H,43,51)(H,44,50)(H,54,55)/t34-,39-/m1/s1. The van der Waals surface area contributed by atoms with Crippen molar-refractivity contribution in [2.75, 3.05) is 42.4 Å². The predicted octanol–water partition coefficient (Wildman–Crippen LogP) is 5.49. The molecule has 3 heterocycles. The minimum atomic E-state index is -1.27. The number of fused-ring (bicyclic) bond motifs is 2. The second-order valence-electron chi connectivity index (χ2n) is 13.5. The summed E-state index contributed by atoms with van der Waals surface area (Å²) in [5.41, 5.74) is 2.50. The van der Waals surface area contributed by atoms with Gasteiger partial charge < -0.3 is 35.5 Å². The maximum Gasteiger partial charge on any atom is 0.352 e. The van der Waals surface area contributed by atoms with E-state index in [1.165, 1.54) is 47.8 Å². The molecule has 1 saturated heterocycles. The Kier molecular flexibility index (Phi) is 11.8. The summed E-state index contributed by atoms with van der Waals surface area (Å²) in [5.74, 6) is -3.34. The molecule has 1 aromatic heterocycles. The molecule has 1 fully saturated rings. The van der Waals surface area contributed by atoms with Crippen LogP contribution in [-0.2, 0) is 14.4 Å². The lowest BCUT2D eigenvalue weighted by atomic mass is 10.0. The molecule has 0 radical (unpaired) electrons. The Hall–Kier alpha value is -6.92. The van der Waals surface area contributed by atoms with Gasteiger partial charge in [-0.15, -0.1) is 23.5 Å². The SMILES string of the molecule is CN(C)c1ccc(N=Nc2ccc(C(=O)Nc3ccc(SCC4=C(C(=O)O)N5C(=O)[C@@H](NC(=O)CNC(=O)c6cc7ccc(O)cc7oc6=O)[C@H]5SC4)cc3)cc2)cc1. The fourth-order valence-electron chi connectivity index (χ4n) is 6.15. The number of aliphatic carboxylic acids is 1. The topological polar surface area (TPSA) is 223 Å². The van der Waals surface area contributed by atoms with Crippen LogP contribution in [0.15, 0.2) is 133 Å². The monoisotopic (exact) mass is 833 g/mol. The largest absolute Gasteiger partial charge is 0.508 e. The Morgan fingerprint density at radius 1 is 0.898 bits per heavy atom. The number of carbonyl (C=O) groups excluding carboxylic acids is 4. The number of hydrogen-bond donors (Lipinski definition) is 5. The van der Waals surface area contributed by atoms with Gasteiger partial charge in [-0.25, -0.2) is 9.59 Å². The van der Waals surface area contributed by atoms with E-state index in [9.17, 15) is 39.0 Å². The maximum atomic E-state index is 13.2. The zero-order valence-corrected chi connectivity index (χ0v) is 33.0. The van der Waals surface area contributed by atoms with E-state index >= 15 is 0 Å². The fourth-order valence-corrected chi connectivity index (χ4v) is 8.54. The third kappa shape index (κ3) is 9.13. The van der Waals surface area contributed by atoms with E-state index in [0.29, 0.717) is 39.3 Å². The van der Waals surface area contributed by atoms with Crippen LogP contribution in [-0.4, -0.2) is 88.3 Å². The average Bonchev–Trinajstić information content (AvgIpc) is 3.23. The van der Waals surface area contributed by atoms with Crippen molar-refractivity contribution in [2.45, 2.75) is 16.3 Å². The summed E-state index contributed by atoms with van der Waals surface area (Å²) in [5, 5.41) is 35.6. The summed E-state index contributed by atoms with van der Waals surface area (Å²) in [6.07, 6.45) is 0. The minimum Gasteiger partial charge on any atom is -0.508 e. The van der Waals surface area contributed by atoms with Crippen LogP contribution in [0.3, 0.4) is 0 Å². The zero-order chi connectivity index (χ0) is 41.8. The summed E-state index contributed by atoms with van der Waals surface area (Å²) in [7, 11) is 3.92. The highest BCUT2D eigenvalue weighted by atomic mass is 32.2. The van der Waals surface area contributed by atoms with Gasteiger partial charge in [0.1, 0.15) is 34.0 Å². The molecule has 0 aliphatic carbocycles. The van der Waals surface area contributed by atoms with Crippen molar-refractivity contribution in [1.29, 1.82) is 0 Å². The van der Waals surface area contributed by atoms with Gasteiger partial charge >= 0.3 is 11.6 Å². The molecule has 2 aliphatic rings. The van der Waals surface area contributed by atoms with Crippen molar-refractivity contribution in [2.24, 2.45) is 10.2 Å². The molecule has 2 aliphatic heterocycles. The van der Waals surface area contributed by atoms with Crippen LogP contribution >= 0.6 is 23.5 Å². The van der Waals surface area contributed by atoms with Crippen LogP contribution in [0.4, 0.5) is 22.7 Å². The molecule has 0 bridgehead atoms. The number of aromatic hydroxyl groups is 1. The van der Waals surface area contributed by atoms with E-state index in [0.717, 1.165) is 15.5 Å². The first-order valence-electron chi connectivity index (χ1n) is 17.9. The predicted molar refractivity (Wildman–Crippen MR) is 223 cm³/mol. The lowest BCUT2D eigenvalue weighted by Crippen LogP contribution is -2.71. The first-order chi connectivity index (χ1) is 28.3. The van der Waals surface area contributed by atoms with Crippen LogP contribution in [0.5, 0.6) is 5.75 Å². The average molecular weight is 834 g/mol. The zero-order valence-electron chi connectivity index (χ0n) is 31.4. The Balaban J connectivity index is 0.893. The van der Waals surface area contributed by atoms with Crippen molar-refractivity contribution in [3.8, 4) is 5.75 Å². The Labute approximate surface area is 344 Å². The number of rotatable bonds is 13. The summed E-state index contributed by atoms with van der Waals surface area (Å²) in [6, 6.07) is 25.8. The highest BCUT2D eigenvalue weighted by Crippen LogP contribution is 2.41. The van der Waals surface area contributed by atoms with Gasteiger partial charge in [0.2, 0.25) is 5.91 Å². The second kappa shape index (κ2) is 17.3. The second-order valence-corrected chi connectivity index (χ2v) is 15.6. The molecular formula is C41H35N7O9S2. The number of carbonyl (C=O) groups is 5. The van der Waals surface area contributed by atoms with E-state index in [1.54, 1.807) is 48.5 Å². The number of β-lactam (4-membered cyclic amide) rings is 1. The number of carboxylic acids is 1. The smallest absolute Gasteiger partial charge is 0.352 e. The van der Waals surface area contributed by atoms with Crippen LogP contribution in [0.25, 0.3) is 11.0 Å². The van der Waals surface area contributed by atoms with E-state index < -0.39 is 47.3 Å². The summed E-state index contributed by atoms with van der Waals surface area (Å²) < 4.78 is 5.10. The van der Waals surface area contributed by atoms with Crippen LogP contribution in [0.1, 0.15) is 20.7 Å². The number of nitrogens with zero attached hydrogens (tertiary/aromatic N) is 4. The number of phenols is 1. The molecule has 0 saturated carbocycles. The molecular weight excluding hydrogens is 799 g/mol. The molecule has 16 nitrogen and oxygen atoms in total. The van der Waals surface area contributed by atoms with Crippen LogP contribution < -0.4 is 26.5 Å². The number of benzene rings is 4. The van der Waals surface area contributed by atoms with Crippen LogP contribution in [0.2, 0.25) is 0 Å². The number of azo groups is 1. The third-order valence-corrected chi connectivity index (χ3v) is 11.7. The van der Waals surface area contributed by atoms with Gasteiger partial charge in [-0.05, 0) is 96.6 Å². The molecule has 5 N–H and O–H groups in total. The van der Waals surface area contributed by atoms with Gasteiger partial charge in [0.25, 0.3) is 17.7 Å². The molecule has 300 valence electrons.